The van der Waals surface area contributed by atoms with Gasteiger partial charge in [-0.2, -0.15) is 0 Å². The van der Waals surface area contributed by atoms with Gasteiger partial charge in [0, 0.05) is 18.6 Å². The molecule has 5 heteroatoms. The first-order valence-corrected chi connectivity index (χ1v) is 6.35. The molecule has 1 amide bonds. The highest BCUT2D eigenvalue weighted by Crippen LogP contribution is 2.18. The molecule has 2 N–H and O–H groups in total. The Morgan fingerprint density at radius 3 is 2.71 bits per heavy atom. The second kappa shape index (κ2) is 7.63. The zero-order chi connectivity index (χ0) is 12.7. The molecule has 0 bridgehead atoms. The standard InChI is InChI=1S/C12H24N2O3/c1-10(2)14(5-7-17-8-6-15)9-12(16)13-11-3-4-11/h10-11,15H,3-9H2,1-2H3,(H,13,16). The van der Waals surface area contributed by atoms with Crippen molar-refractivity contribution in [3.63, 3.8) is 0 Å². The Morgan fingerprint density at radius 2 is 2.18 bits per heavy atom. The van der Waals surface area contributed by atoms with E-state index >= 15 is 0 Å². The molecule has 0 unspecified atom stereocenters. The third kappa shape index (κ3) is 6.61. The Bertz CT molecular complexity index is 230. The number of rotatable bonds is 9. The van der Waals surface area contributed by atoms with Gasteiger partial charge in [-0.3, -0.25) is 9.69 Å². The Hall–Kier alpha value is -0.650. The van der Waals surface area contributed by atoms with Crippen LogP contribution in [0, 0.1) is 0 Å². The van der Waals surface area contributed by atoms with Gasteiger partial charge < -0.3 is 15.2 Å². The summed E-state index contributed by atoms with van der Waals surface area (Å²) in [4.78, 5) is 13.7. The highest BCUT2D eigenvalue weighted by Gasteiger charge is 2.24. The van der Waals surface area contributed by atoms with Crippen LogP contribution in [-0.2, 0) is 9.53 Å². The number of aliphatic hydroxyl groups excluding tert-OH is 1. The summed E-state index contributed by atoms with van der Waals surface area (Å²) < 4.78 is 5.22. The molecule has 0 heterocycles. The molecule has 0 aliphatic heterocycles. The van der Waals surface area contributed by atoms with Gasteiger partial charge >= 0.3 is 0 Å². The molecule has 17 heavy (non-hydrogen) atoms. The fourth-order valence-corrected chi connectivity index (χ4v) is 1.55. The van der Waals surface area contributed by atoms with Crippen LogP contribution in [0.3, 0.4) is 0 Å². The minimum Gasteiger partial charge on any atom is -0.394 e. The maximum atomic E-state index is 11.7. The molecule has 1 saturated carbocycles. The fourth-order valence-electron chi connectivity index (χ4n) is 1.55. The molecule has 1 aliphatic rings. The Morgan fingerprint density at radius 1 is 1.47 bits per heavy atom. The van der Waals surface area contributed by atoms with Crippen LogP contribution >= 0.6 is 0 Å². The Labute approximate surface area is 103 Å². The number of amides is 1. The third-order valence-corrected chi connectivity index (χ3v) is 2.78. The van der Waals surface area contributed by atoms with Gasteiger partial charge in [0.2, 0.25) is 5.91 Å². The third-order valence-electron chi connectivity index (χ3n) is 2.78. The molecule has 0 spiro atoms. The summed E-state index contributed by atoms with van der Waals surface area (Å²) in [5.41, 5.74) is 0. The first kappa shape index (κ1) is 14.4. The minimum atomic E-state index is 0.0455. The van der Waals surface area contributed by atoms with Crippen molar-refractivity contribution in [1.82, 2.24) is 10.2 Å². The number of carbonyl (C=O) groups excluding carboxylic acids is 1. The summed E-state index contributed by atoms with van der Waals surface area (Å²) in [6.45, 7) is 6.23. The Balaban J connectivity index is 2.18. The summed E-state index contributed by atoms with van der Waals surface area (Å²) >= 11 is 0. The molecule has 0 saturated heterocycles. The maximum absolute atomic E-state index is 11.7. The number of nitrogens with zero attached hydrogens (tertiary/aromatic N) is 1. The number of hydrogen-bond donors (Lipinski definition) is 2. The van der Waals surface area contributed by atoms with E-state index in [0.29, 0.717) is 31.8 Å². The number of nitrogens with one attached hydrogen (secondary N) is 1. The van der Waals surface area contributed by atoms with Crippen LogP contribution in [-0.4, -0.2) is 60.9 Å². The quantitative estimate of drug-likeness (QED) is 0.560. The largest absolute Gasteiger partial charge is 0.394 e. The van der Waals surface area contributed by atoms with Crippen molar-refractivity contribution in [2.24, 2.45) is 0 Å². The van der Waals surface area contributed by atoms with E-state index in [-0.39, 0.29) is 12.5 Å². The number of ether oxygens (including phenoxy) is 1. The number of hydrogen-bond acceptors (Lipinski definition) is 4. The lowest BCUT2D eigenvalue weighted by molar-refractivity contribution is -0.123. The van der Waals surface area contributed by atoms with E-state index < -0.39 is 0 Å². The lowest BCUT2D eigenvalue weighted by Crippen LogP contribution is -2.43. The summed E-state index contributed by atoms with van der Waals surface area (Å²) in [5.74, 6) is 0.100. The van der Waals surface area contributed by atoms with E-state index in [4.69, 9.17) is 9.84 Å². The summed E-state index contributed by atoms with van der Waals surface area (Å²) in [6, 6.07) is 0.736. The average Bonchev–Trinajstić information content (AvgIpc) is 3.06. The van der Waals surface area contributed by atoms with E-state index in [1.165, 1.54) is 0 Å². The molecule has 0 radical (unpaired) electrons. The molecule has 1 fully saturated rings. The molecule has 0 aromatic rings. The van der Waals surface area contributed by atoms with Crippen LogP contribution in [0.4, 0.5) is 0 Å². The van der Waals surface area contributed by atoms with Gasteiger partial charge in [-0.1, -0.05) is 0 Å². The van der Waals surface area contributed by atoms with Gasteiger partial charge in [0.05, 0.1) is 26.4 Å². The lowest BCUT2D eigenvalue weighted by atomic mass is 10.3. The van der Waals surface area contributed by atoms with E-state index in [1.54, 1.807) is 0 Å². The first-order valence-electron chi connectivity index (χ1n) is 6.35. The second-order valence-electron chi connectivity index (χ2n) is 4.74. The zero-order valence-electron chi connectivity index (χ0n) is 10.8. The summed E-state index contributed by atoms with van der Waals surface area (Å²) in [5, 5.41) is 11.6. The number of carbonyl (C=O) groups is 1. The lowest BCUT2D eigenvalue weighted by Gasteiger charge is -2.25. The van der Waals surface area contributed by atoms with Crippen LogP contribution in [0.25, 0.3) is 0 Å². The van der Waals surface area contributed by atoms with Crippen molar-refractivity contribution in [2.45, 2.75) is 38.8 Å². The molecule has 1 aliphatic carbocycles. The van der Waals surface area contributed by atoms with E-state index in [9.17, 15) is 4.79 Å². The van der Waals surface area contributed by atoms with Crippen LogP contribution in [0.5, 0.6) is 0 Å². The van der Waals surface area contributed by atoms with E-state index in [1.807, 2.05) is 0 Å². The number of aliphatic hydroxyl groups is 1. The van der Waals surface area contributed by atoms with Crippen molar-refractivity contribution < 1.29 is 14.6 Å². The predicted octanol–water partition coefficient (Wildman–Crippen LogP) is -0.0157. The smallest absolute Gasteiger partial charge is 0.234 e. The normalized spacial score (nSPS) is 15.6. The summed E-state index contributed by atoms with van der Waals surface area (Å²) in [6.07, 6.45) is 2.24. The van der Waals surface area contributed by atoms with Crippen molar-refractivity contribution in [3.8, 4) is 0 Å². The van der Waals surface area contributed by atoms with Crippen molar-refractivity contribution in [3.05, 3.63) is 0 Å². The molecule has 0 atom stereocenters. The molecule has 0 aromatic heterocycles. The van der Waals surface area contributed by atoms with E-state index in [0.717, 1.165) is 19.4 Å². The van der Waals surface area contributed by atoms with E-state index in [2.05, 4.69) is 24.1 Å². The van der Waals surface area contributed by atoms with Crippen LogP contribution in [0.15, 0.2) is 0 Å². The fraction of sp³-hybridized carbons (Fsp3) is 0.917. The zero-order valence-corrected chi connectivity index (χ0v) is 10.8. The highest BCUT2D eigenvalue weighted by atomic mass is 16.5. The second-order valence-corrected chi connectivity index (χ2v) is 4.74. The van der Waals surface area contributed by atoms with Gasteiger partial charge in [0.1, 0.15) is 0 Å². The van der Waals surface area contributed by atoms with Crippen LogP contribution in [0.1, 0.15) is 26.7 Å². The van der Waals surface area contributed by atoms with Gasteiger partial charge in [0.25, 0.3) is 0 Å². The molecular formula is C12H24N2O3. The van der Waals surface area contributed by atoms with Crippen molar-refractivity contribution in [1.29, 1.82) is 0 Å². The molecule has 100 valence electrons. The van der Waals surface area contributed by atoms with Gasteiger partial charge in [0.15, 0.2) is 0 Å². The molecule has 0 aromatic carbocycles. The maximum Gasteiger partial charge on any atom is 0.234 e. The molecule has 1 rings (SSSR count). The topological polar surface area (TPSA) is 61.8 Å². The molecular weight excluding hydrogens is 220 g/mol. The first-order chi connectivity index (χ1) is 8.13. The highest BCUT2D eigenvalue weighted by molar-refractivity contribution is 5.78. The molecule has 5 nitrogen and oxygen atoms in total. The van der Waals surface area contributed by atoms with Gasteiger partial charge in [-0.15, -0.1) is 0 Å². The van der Waals surface area contributed by atoms with Crippen LogP contribution in [0.2, 0.25) is 0 Å². The average molecular weight is 244 g/mol. The van der Waals surface area contributed by atoms with Crippen molar-refractivity contribution >= 4 is 5.91 Å². The van der Waals surface area contributed by atoms with Crippen LogP contribution < -0.4 is 5.32 Å². The monoisotopic (exact) mass is 244 g/mol. The van der Waals surface area contributed by atoms with Gasteiger partial charge in [-0.05, 0) is 26.7 Å². The predicted molar refractivity (Wildman–Crippen MR) is 65.8 cm³/mol. The minimum absolute atomic E-state index is 0.0455. The SMILES string of the molecule is CC(C)N(CCOCCO)CC(=O)NC1CC1. The van der Waals surface area contributed by atoms with Gasteiger partial charge in [-0.25, -0.2) is 0 Å². The van der Waals surface area contributed by atoms with Crippen molar-refractivity contribution in [2.75, 3.05) is 32.9 Å². The summed E-state index contributed by atoms with van der Waals surface area (Å²) in [7, 11) is 0. The Kier molecular flexibility index (Phi) is 6.47.